The van der Waals surface area contributed by atoms with Gasteiger partial charge in [0.15, 0.2) is 9.84 Å². The van der Waals surface area contributed by atoms with E-state index in [1.807, 2.05) is 0 Å². The van der Waals surface area contributed by atoms with Gasteiger partial charge < -0.3 is 10.1 Å². The van der Waals surface area contributed by atoms with E-state index in [0.29, 0.717) is 0 Å². The fourth-order valence-corrected chi connectivity index (χ4v) is 1.94. The van der Waals surface area contributed by atoms with Crippen LogP contribution in [0.2, 0.25) is 0 Å². The Kier molecular flexibility index (Phi) is 3.90. The first-order valence-corrected chi connectivity index (χ1v) is 6.94. The summed E-state index contributed by atoms with van der Waals surface area (Å²) in [6.07, 6.45) is 2.66. The van der Waals surface area contributed by atoms with Crippen molar-refractivity contribution in [3.63, 3.8) is 0 Å². The first-order chi connectivity index (χ1) is 7.33. The molecular formula is C9H15NO5S. The molecule has 0 saturated heterocycles. The molecule has 1 rings (SSSR count). The van der Waals surface area contributed by atoms with E-state index in [-0.39, 0.29) is 5.92 Å². The lowest BCUT2D eigenvalue weighted by Crippen LogP contribution is -2.45. The summed E-state index contributed by atoms with van der Waals surface area (Å²) in [5, 5.41) is 2.39. The highest BCUT2D eigenvalue weighted by Gasteiger charge is 2.38. The summed E-state index contributed by atoms with van der Waals surface area (Å²) in [5.41, 5.74) is 0. The minimum Gasteiger partial charge on any atom is -0.467 e. The van der Waals surface area contributed by atoms with E-state index in [9.17, 15) is 18.0 Å². The Balaban J connectivity index is 2.55. The van der Waals surface area contributed by atoms with Gasteiger partial charge in [0.05, 0.1) is 7.11 Å². The predicted octanol–water partition coefficient (Wildman–Crippen LogP) is -0.901. The number of carbonyl (C=O) groups excluding carboxylic acids is 2. The number of methoxy groups -OCH3 is 1. The molecule has 1 unspecified atom stereocenters. The molecule has 0 spiro atoms. The van der Waals surface area contributed by atoms with Crippen molar-refractivity contribution in [2.45, 2.75) is 18.9 Å². The van der Waals surface area contributed by atoms with Gasteiger partial charge in [0, 0.05) is 6.26 Å². The minimum atomic E-state index is -3.37. The van der Waals surface area contributed by atoms with Gasteiger partial charge in [0.1, 0.15) is 11.8 Å². The third-order valence-electron chi connectivity index (χ3n) is 2.26. The van der Waals surface area contributed by atoms with Gasteiger partial charge in [-0.2, -0.15) is 0 Å². The SMILES string of the molecule is COC(=O)C(NC(=O)CS(C)(=O)=O)C1CC1. The highest BCUT2D eigenvalue weighted by atomic mass is 32.2. The first kappa shape index (κ1) is 13.0. The van der Waals surface area contributed by atoms with Crippen LogP contribution >= 0.6 is 0 Å². The number of nitrogens with one attached hydrogen (secondary N) is 1. The van der Waals surface area contributed by atoms with E-state index >= 15 is 0 Å². The Hall–Kier alpha value is -1.11. The molecule has 7 heteroatoms. The first-order valence-electron chi connectivity index (χ1n) is 4.88. The van der Waals surface area contributed by atoms with E-state index in [4.69, 9.17) is 0 Å². The zero-order valence-corrected chi connectivity index (χ0v) is 10.0. The summed E-state index contributed by atoms with van der Waals surface area (Å²) in [7, 11) is -2.13. The van der Waals surface area contributed by atoms with Gasteiger partial charge in [-0.1, -0.05) is 0 Å². The molecular weight excluding hydrogens is 234 g/mol. The molecule has 0 aromatic rings. The number of hydrogen-bond acceptors (Lipinski definition) is 5. The predicted molar refractivity (Wildman–Crippen MR) is 56.4 cm³/mol. The molecule has 1 aliphatic rings. The molecule has 0 heterocycles. The van der Waals surface area contributed by atoms with Gasteiger partial charge in [0.2, 0.25) is 5.91 Å². The van der Waals surface area contributed by atoms with E-state index in [2.05, 4.69) is 10.1 Å². The van der Waals surface area contributed by atoms with Gasteiger partial charge in [-0.3, -0.25) is 4.79 Å². The zero-order chi connectivity index (χ0) is 12.3. The number of hydrogen-bond donors (Lipinski definition) is 1. The smallest absolute Gasteiger partial charge is 0.328 e. The number of carbonyl (C=O) groups is 2. The fourth-order valence-electron chi connectivity index (χ4n) is 1.38. The standard InChI is InChI=1S/C9H15NO5S/c1-15-9(12)8(6-3-4-6)10-7(11)5-16(2,13)14/h6,8H,3-5H2,1-2H3,(H,10,11). The summed E-state index contributed by atoms with van der Waals surface area (Å²) in [6, 6.07) is -0.709. The minimum absolute atomic E-state index is 0.0796. The van der Waals surface area contributed by atoms with Crippen LogP contribution < -0.4 is 5.32 Å². The molecule has 1 saturated carbocycles. The van der Waals surface area contributed by atoms with Crippen LogP contribution in [0.4, 0.5) is 0 Å². The van der Waals surface area contributed by atoms with E-state index < -0.39 is 33.5 Å². The number of sulfone groups is 1. The second-order valence-electron chi connectivity index (χ2n) is 3.98. The van der Waals surface area contributed by atoms with Gasteiger partial charge >= 0.3 is 5.97 Å². The molecule has 0 aromatic carbocycles. The van der Waals surface area contributed by atoms with Crippen LogP contribution in [0, 0.1) is 5.92 Å². The fraction of sp³-hybridized carbons (Fsp3) is 0.778. The maximum Gasteiger partial charge on any atom is 0.328 e. The molecule has 1 aliphatic carbocycles. The monoisotopic (exact) mass is 249 g/mol. The summed E-state index contributed by atoms with van der Waals surface area (Å²) >= 11 is 0. The zero-order valence-electron chi connectivity index (χ0n) is 9.23. The average Bonchev–Trinajstić information content (AvgIpc) is 2.93. The molecule has 6 nitrogen and oxygen atoms in total. The van der Waals surface area contributed by atoms with Gasteiger partial charge in [-0.15, -0.1) is 0 Å². The maximum atomic E-state index is 11.3. The van der Waals surface area contributed by atoms with Crippen molar-refractivity contribution >= 4 is 21.7 Å². The topological polar surface area (TPSA) is 89.5 Å². The lowest BCUT2D eigenvalue weighted by Gasteiger charge is -2.15. The third kappa shape index (κ3) is 4.18. The van der Waals surface area contributed by atoms with Crippen molar-refractivity contribution in [2.75, 3.05) is 19.1 Å². The Labute approximate surface area is 94.3 Å². The molecule has 92 valence electrons. The summed E-state index contributed by atoms with van der Waals surface area (Å²) in [5.74, 6) is -1.71. The van der Waals surface area contributed by atoms with Crippen LogP contribution in [0.1, 0.15) is 12.8 Å². The number of ether oxygens (including phenoxy) is 1. The molecule has 0 aliphatic heterocycles. The molecule has 1 amide bonds. The van der Waals surface area contributed by atoms with Crippen molar-refractivity contribution in [3.8, 4) is 0 Å². The van der Waals surface area contributed by atoms with Gasteiger partial charge in [0.25, 0.3) is 0 Å². The summed E-state index contributed by atoms with van der Waals surface area (Å²) in [4.78, 5) is 22.6. The van der Waals surface area contributed by atoms with E-state index in [1.165, 1.54) is 7.11 Å². The lowest BCUT2D eigenvalue weighted by atomic mass is 10.2. The normalized spacial score (nSPS) is 17.6. The Bertz CT molecular complexity index is 385. The molecule has 1 atom stereocenters. The second-order valence-corrected chi connectivity index (χ2v) is 6.12. The summed E-state index contributed by atoms with van der Waals surface area (Å²) in [6.45, 7) is 0. The molecule has 16 heavy (non-hydrogen) atoms. The third-order valence-corrected chi connectivity index (χ3v) is 3.04. The number of amides is 1. The Morgan fingerprint density at radius 2 is 2.00 bits per heavy atom. The highest BCUT2D eigenvalue weighted by molar-refractivity contribution is 7.91. The average molecular weight is 249 g/mol. The van der Waals surface area contributed by atoms with Crippen LogP contribution in [-0.4, -0.2) is 45.5 Å². The van der Waals surface area contributed by atoms with Crippen molar-refractivity contribution in [1.29, 1.82) is 0 Å². The van der Waals surface area contributed by atoms with Crippen LogP contribution in [0.25, 0.3) is 0 Å². The highest BCUT2D eigenvalue weighted by Crippen LogP contribution is 2.33. The van der Waals surface area contributed by atoms with Crippen LogP contribution in [0.15, 0.2) is 0 Å². The Morgan fingerprint density at radius 1 is 1.44 bits per heavy atom. The van der Waals surface area contributed by atoms with Gasteiger partial charge in [-0.25, -0.2) is 13.2 Å². The van der Waals surface area contributed by atoms with Crippen molar-refractivity contribution in [1.82, 2.24) is 5.32 Å². The van der Waals surface area contributed by atoms with Crippen molar-refractivity contribution in [2.24, 2.45) is 5.92 Å². The quantitative estimate of drug-likeness (QED) is 0.638. The molecule has 1 fully saturated rings. The number of esters is 1. The van der Waals surface area contributed by atoms with Crippen LogP contribution in [0.5, 0.6) is 0 Å². The molecule has 0 radical (unpaired) electrons. The molecule has 1 N–H and O–H groups in total. The molecule has 0 aromatic heterocycles. The number of rotatable bonds is 5. The van der Waals surface area contributed by atoms with E-state index in [0.717, 1.165) is 19.1 Å². The van der Waals surface area contributed by atoms with E-state index in [1.54, 1.807) is 0 Å². The lowest BCUT2D eigenvalue weighted by molar-refractivity contribution is -0.145. The Morgan fingerprint density at radius 3 is 2.38 bits per heavy atom. The second kappa shape index (κ2) is 4.82. The van der Waals surface area contributed by atoms with Crippen molar-refractivity contribution in [3.05, 3.63) is 0 Å². The van der Waals surface area contributed by atoms with Crippen molar-refractivity contribution < 1.29 is 22.7 Å². The van der Waals surface area contributed by atoms with Gasteiger partial charge in [-0.05, 0) is 18.8 Å². The maximum absolute atomic E-state index is 11.3. The summed E-state index contributed by atoms with van der Waals surface area (Å²) < 4.78 is 26.3. The van der Waals surface area contributed by atoms with Crippen LogP contribution in [-0.2, 0) is 24.2 Å². The van der Waals surface area contributed by atoms with Crippen LogP contribution in [0.3, 0.4) is 0 Å². The molecule has 0 bridgehead atoms. The largest absolute Gasteiger partial charge is 0.467 e.